The third-order valence-electron chi connectivity index (χ3n) is 5.91. The quantitative estimate of drug-likeness (QED) is 0.644. The van der Waals surface area contributed by atoms with E-state index in [9.17, 15) is 9.59 Å². The van der Waals surface area contributed by atoms with Crippen molar-refractivity contribution in [2.24, 2.45) is 11.0 Å². The number of nitrogens with zero attached hydrogens (tertiary/aromatic N) is 2. The Morgan fingerprint density at radius 2 is 2.09 bits per heavy atom. The molecule has 170 valence electrons. The molecule has 3 heterocycles. The van der Waals surface area contributed by atoms with Crippen molar-refractivity contribution in [3.05, 3.63) is 52.2 Å². The molecule has 1 saturated heterocycles. The highest BCUT2D eigenvalue weighted by Gasteiger charge is 2.35. The van der Waals surface area contributed by atoms with Crippen LogP contribution in [0.4, 0.5) is 0 Å². The first-order chi connectivity index (χ1) is 15.5. The topological polar surface area (TPSA) is 83.0 Å². The summed E-state index contributed by atoms with van der Waals surface area (Å²) in [5.74, 6) is 0.911. The van der Waals surface area contributed by atoms with Crippen LogP contribution in [0, 0.1) is 5.92 Å². The van der Waals surface area contributed by atoms with Crippen molar-refractivity contribution in [1.29, 1.82) is 0 Å². The van der Waals surface area contributed by atoms with Gasteiger partial charge in [-0.3, -0.25) is 14.9 Å². The number of hydrogen-bond donors (Lipinski definition) is 2. The molecule has 2 aromatic rings. The Bertz CT molecular complexity index is 978. The van der Waals surface area contributed by atoms with E-state index in [2.05, 4.69) is 10.6 Å². The van der Waals surface area contributed by atoms with E-state index in [1.807, 2.05) is 55.6 Å². The lowest BCUT2D eigenvalue weighted by atomic mass is 9.96. The third kappa shape index (κ3) is 4.84. The molecule has 4 atom stereocenters. The van der Waals surface area contributed by atoms with Crippen LogP contribution in [0.2, 0.25) is 0 Å². The lowest BCUT2D eigenvalue weighted by molar-refractivity contribution is -0.130. The molecule has 0 bridgehead atoms. The molecular formula is C23H28N4O3S2. The first-order valence-electron chi connectivity index (χ1n) is 10.8. The average molecular weight is 473 g/mol. The second kappa shape index (κ2) is 10.1. The largest absolute Gasteiger partial charge is 0.497 e. The van der Waals surface area contributed by atoms with Gasteiger partial charge in [0, 0.05) is 12.5 Å². The van der Waals surface area contributed by atoms with Gasteiger partial charge in [0.25, 0.3) is 5.91 Å². The van der Waals surface area contributed by atoms with Gasteiger partial charge in [-0.05, 0) is 42.5 Å². The molecule has 2 aliphatic heterocycles. The fourth-order valence-corrected chi connectivity index (χ4v) is 5.80. The van der Waals surface area contributed by atoms with E-state index >= 15 is 0 Å². The van der Waals surface area contributed by atoms with Crippen molar-refractivity contribution in [2.75, 3.05) is 12.9 Å². The number of carbonyl (C=O) groups is 2. The monoisotopic (exact) mass is 472 g/mol. The number of thioether (sulfide) groups is 1. The zero-order valence-electron chi connectivity index (χ0n) is 18.4. The molecule has 1 aromatic carbocycles. The fraction of sp³-hybridized carbons (Fsp3) is 0.435. The molecule has 1 aromatic heterocycles. The first-order valence-corrected chi connectivity index (χ1v) is 12.7. The Morgan fingerprint density at radius 1 is 1.31 bits per heavy atom. The molecule has 0 radical (unpaired) electrons. The van der Waals surface area contributed by atoms with Crippen molar-refractivity contribution < 1.29 is 14.3 Å². The van der Waals surface area contributed by atoms with Crippen LogP contribution in [-0.4, -0.2) is 46.9 Å². The van der Waals surface area contributed by atoms with E-state index in [0.29, 0.717) is 6.42 Å². The Kier molecular flexibility index (Phi) is 7.17. The number of methoxy groups -OCH3 is 1. The van der Waals surface area contributed by atoms with Gasteiger partial charge in [-0.25, -0.2) is 5.01 Å². The van der Waals surface area contributed by atoms with Gasteiger partial charge in [-0.15, -0.1) is 23.1 Å². The van der Waals surface area contributed by atoms with E-state index in [1.54, 1.807) is 23.5 Å². The van der Waals surface area contributed by atoms with Gasteiger partial charge in [-0.1, -0.05) is 25.1 Å². The second-order valence-corrected chi connectivity index (χ2v) is 9.97. The maximum Gasteiger partial charge on any atom is 0.253 e. The van der Waals surface area contributed by atoms with Crippen LogP contribution in [0.25, 0.3) is 0 Å². The molecule has 2 amide bonds. The second-order valence-electron chi connectivity index (χ2n) is 7.93. The van der Waals surface area contributed by atoms with Gasteiger partial charge in [0.15, 0.2) is 0 Å². The van der Waals surface area contributed by atoms with Gasteiger partial charge in [0.05, 0.1) is 35.4 Å². The SMILES string of the molecule is CCC1C(=O)NC(SCC(=O)N2N=C(c3cccs3)CC2c2ccc(OC)cc2)NC1C. The number of carbonyl (C=O) groups excluding carboxylic acids is 2. The van der Waals surface area contributed by atoms with Crippen LogP contribution in [0.5, 0.6) is 5.75 Å². The van der Waals surface area contributed by atoms with Crippen molar-refractivity contribution in [3.8, 4) is 5.75 Å². The summed E-state index contributed by atoms with van der Waals surface area (Å²) in [5.41, 5.74) is 1.65. The number of hydrazone groups is 1. The zero-order chi connectivity index (χ0) is 22.7. The predicted octanol–water partition coefficient (Wildman–Crippen LogP) is 3.59. The van der Waals surface area contributed by atoms with E-state index in [-0.39, 0.29) is 41.1 Å². The normalized spacial score (nSPS) is 25.4. The standard InChI is InChI=1S/C23H28N4O3S2/c1-4-17-14(2)24-23(25-22(17)29)32-13-21(28)27-19(15-7-9-16(30-3)10-8-15)12-18(26-27)20-6-5-11-31-20/h5-11,14,17,19,23-24H,4,12-13H2,1-3H3,(H,25,29). The summed E-state index contributed by atoms with van der Waals surface area (Å²) >= 11 is 3.02. The number of ether oxygens (including phenoxy) is 1. The lowest BCUT2D eigenvalue weighted by Gasteiger charge is -2.35. The fourth-order valence-electron chi connectivity index (χ4n) is 4.13. The molecule has 2 N–H and O–H groups in total. The smallest absolute Gasteiger partial charge is 0.253 e. The highest BCUT2D eigenvalue weighted by Crippen LogP contribution is 2.35. The van der Waals surface area contributed by atoms with E-state index in [1.165, 1.54) is 11.8 Å². The van der Waals surface area contributed by atoms with Crippen LogP contribution in [0.3, 0.4) is 0 Å². The van der Waals surface area contributed by atoms with Gasteiger partial charge in [0.2, 0.25) is 5.91 Å². The minimum atomic E-state index is -0.285. The van der Waals surface area contributed by atoms with Crippen LogP contribution in [0.1, 0.15) is 43.2 Å². The summed E-state index contributed by atoms with van der Waals surface area (Å²) in [6.07, 6.45) is 1.45. The molecule has 7 nitrogen and oxygen atoms in total. The molecule has 0 spiro atoms. The molecule has 1 fully saturated rings. The number of rotatable bonds is 7. The number of hydrogen-bond acceptors (Lipinski definition) is 7. The molecule has 9 heteroatoms. The Balaban J connectivity index is 1.47. The maximum atomic E-state index is 13.2. The van der Waals surface area contributed by atoms with Gasteiger partial charge in [-0.2, -0.15) is 5.10 Å². The van der Waals surface area contributed by atoms with Crippen LogP contribution < -0.4 is 15.4 Å². The highest BCUT2D eigenvalue weighted by molar-refractivity contribution is 8.00. The van der Waals surface area contributed by atoms with E-state index < -0.39 is 0 Å². The van der Waals surface area contributed by atoms with Gasteiger partial charge in [0.1, 0.15) is 11.2 Å². The van der Waals surface area contributed by atoms with Crippen molar-refractivity contribution >= 4 is 40.6 Å². The van der Waals surface area contributed by atoms with Crippen LogP contribution in [-0.2, 0) is 9.59 Å². The summed E-state index contributed by atoms with van der Waals surface area (Å²) in [4.78, 5) is 26.6. The third-order valence-corrected chi connectivity index (χ3v) is 7.83. The molecular weight excluding hydrogens is 444 g/mol. The van der Waals surface area contributed by atoms with Crippen molar-refractivity contribution in [1.82, 2.24) is 15.6 Å². The summed E-state index contributed by atoms with van der Waals surface area (Å²) in [6, 6.07) is 11.7. The Morgan fingerprint density at radius 3 is 2.72 bits per heavy atom. The maximum absolute atomic E-state index is 13.2. The average Bonchev–Trinajstić information content (AvgIpc) is 3.47. The zero-order valence-corrected chi connectivity index (χ0v) is 20.0. The summed E-state index contributed by atoms with van der Waals surface area (Å²) in [5, 5.41) is 14.7. The Labute approximate surface area is 196 Å². The minimum Gasteiger partial charge on any atom is -0.497 e. The van der Waals surface area contributed by atoms with Crippen molar-refractivity contribution in [3.63, 3.8) is 0 Å². The predicted molar refractivity (Wildman–Crippen MR) is 129 cm³/mol. The lowest BCUT2D eigenvalue weighted by Crippen LogP contribution is -2.59. The molecule has 0 saturated carbocycles. The minimum absolute atomic E-state index is 0.0407. The van der Waals surface area contributed by atoms with Gasteiger partial charge < -0.3 is 10.1 Å². The van der Waals surface area contributed by atoms with Crippen LogP contribution >= 0.6 is 23.1 Å². The van der Waals surface area contributed by atoms with E-state index in [0.717, 1.165) is 28.3 Å². The van der Waals surface area contributed by atoms with Crippen molar-refractivity contribution in [2.45, 2.75) is 44.3 Å². The number of nitrogens with one attached hydrogen (secondary N) is 2. The summed E-state index contributed by atoms with van der Waals surface area (Å²) in [6.45, 7) is 4.02. The molecule has 2 aliphatic rings. The highest BCUT2D eigenvalue weighted by atomic mass is 32.2. The summed E-state index contributed by atoms with van der Waals surface area (Å²) < 4.78 is 5.27. The van der Waals surface area contributed by atoms with E-state index in [4.69, 9.17) is 9.84 Å². The number of thiophene rings is 1. The number of benzene rings is 1. The molecule has 0 aliphatic carbocycles. The molecule has 32 heavy (non-hydrogen) atoms. The molecule has 4 rings (SSSR count). The van der Waals surface area contributed by atoms with Gasteiger partial charge >= 0.3 is 0 Å². The van der Waals surface area contributed by atoms with Crippen LogP contribution in [0.15, 0.2) is 46.9 Å². The molecule has 4 unspecified atom stereocenters. The number of amides is 2. The first kappa shape index (κ1) is 22.8. The Hall–Kier alpha value is -2.36. The summed E-state index contributed by atoms with van der Waals surface area (Å²) in [7, 11) is 1.64.